The second-order valence-corrected chi connectivity index (χ2v) is 2.97. The molecule has 1 aliphatic rings. The van der Waals surface area contributed by atoms with Crippen molar-refractivity contribution in [3.63, 3.8) is 0 Å². The van der Waals surface area contributed by atoms with Gasteiger partial charge in [-0.15, -0.1) is 12.3 Å². The molecule has 0 aliphatic carbocycles. The molecule has 1 aliphatic heterocycles. The molecule has 1 atom stereocenters. The van der Waals surface area contributed by atoms with Gasteiger partial charge in [0.2, 0.25) is 5.91 Å². The average molecular weight is 166 g/mol. The highest BCUT2D eigenvalue weighted by Crippen LogP contribution is 1.98. The van der Waals surface area contributed by atoms with Crippen molar-refractivity contribution in [1.82, 2.24) is 10.6 Å². The number of nitrogens with one attached hydrogen (secondary N) is 2. The maximum Gasteiger partial charge on any atom is 0.221 e. The second-order valence-electron chi connectivity index (χ2n) is 2.97. The molecular formula is C9H14N2O. The van der Waals surface area contributed by atoms with E-state index in [0.29, 0.717) is 12.5 Å². The third-order valence-corrected chi connectivity index (χ3v) is 1.91. The van der Waals surface area contributed by atoms with Crippen LogP contribution < -0.4 is 10.6 Å². The molecule has 1 rings (SSSR count). The van der Waals surface area contributed by atoms with Gasteiger partial charge >= 0.3 is 0 Å². The minimum atomic E-state index is 0.143. The van der Waals surface area contributed by atoms with Crippen LogP contribution in [0.1, 0.15) is 19.3 Å². The van der Waals surface area contributed by atoms with Gasteiger partial charge in [0.25, 0.3) is 0 Å². The molecule has 3 heteroatoms. The van der Waals surface area contributed by atoms with E-state index in [1.807, 2.05) is 0 Å². The number of amides is 1. The molecular weight excluding hydrogens is 152 g/mol. The van der Waals surface area contributed by atoms with Crippen LogP contribution >= 0.6 is 0 Å². The zero-order valence-corrected chi connectivity index (χ0v) is 7.10. The highest BCUT2D eigenvalue weighted by atomic mass is 16.1. The highest BCUT2D eigenvalue weighted by molar-refractivity contribution is 5.78. The van der Waals surface area contributed by atoms with E-state index in [-0.39, 0.29) is 5.91 Å². The molecule has 3 nitrogen and oxygen atoms in total. The lowest BCUT2D eigenvalue weighted by Gasteiger charge is -2.08. The van der Waals surface area contributed by atoms with E-state index in [4.69, 9.17) is 6.42 Å². The van der Waals surface area contributed by atoms with Gasteiger partial charge in [-0.1, -0.05) is 0 Å². The Hall–Kier alpha value is -1.01. The highest BCUT2D eigenvalue weighted by Gasteiger charge is 2.19. The first-order valence-corrected chi connectivity index (χ1v) is 4.26. The number of carbonyl (C=O) groups is 1. The molecule has 1 unspecified atom stereocenters. The standard InChI is InChI=1S/C9H14N2O/c1-2-3-4-5-10-8-6-9(12)11-7-8/h1,8,10H,3-7H2,(H,11,12). The maximum atomic E-state index is 10.8. The topological polar surface area (TPSA) is 41.1 Å². The van der Waals surface area contributed by atoms with Crippen molar-refractivity contribution in [1.29, 1.82) is 0 Å². The molecule has 12 heavy (non-hydrogen) atoms. The number of hydrogen-bond acceptors (Lipinski definition) is 2. The monoisotopic (exact) mass is 166 g/mol. The molecule has 0 bridgehead atoms. The van der Waals surface area contributed by atoms with Crippen LogP contribution in [-0.4, -0.2) is 25.0 Å². The molecule has 0 aromatic heterocycles. The predicted molar refractivity (Wildman–Crippen MR) is 47.5 cm³/mol. The normalized spacial score (nSPS) is 21.9. The Labute approximate surface area is 72.9 Å². The molecule has 0 aromatic carbocycles. The lowest BCUT2D eigenvalue weighted by atomic mass is 10.2. The number of terminal acetylenes is 1. The summed E-state index contributed by atoms with van der Waals surface area (Å²) in [6.07, 6.45) is 7.50. The summed E-state index contributed by atoms with van der Waals surface area (Å²) < 4.78 is 0. The first-order chi connectivity index (χ1) is 5.83. The lowest BCUT2D eigenvalue weighted by Crippen LogP contribution is -2.31. The summed E-state index contributed by atoms with van der Waals surface area (Å²) in [6, 6.07) is 0.315. The van der Waals surface area contributed by atoms with Crippen molar-refractivity contribution >= 4 is 5.91 Å². The lowest BCUT2D eigenvalue weighted by molar-refractivity contribution is -0.119. The number of hydrogen-bond donors (Lipinski definition) is 2. The number of unbranched alkanes of at least 4 members (excludes halogenated alkanes) is 1. The van der Waals surface area contributed by atoms with Gasteiger partial charge < -0.3 is 10.6 Å². The van der Waals surface area contributed by atoms with Gasteiger partial charge in [-0.3, -0.25) is 4.79 Å². The van der Waals surface area contributed by atoms with Crippen LogP contribution in [0.4, 0.5) is 0 Å². The van der Waals surface area contributed by atoms with Gasteiger partial charge in [0.1, 0.15) is 0 Å². The molecule has 1 saturated heterocycles. The fraction of sp³-hybridized carbons (Fsp3) is 0.667. The predicted octanol–water partition coefficient (Wildman–Crippen LogP) is -0.122. The third-order valence-electron chi connectivity index (χ3n) is 1.91. The van der Waals surface area contributed by atoms with Crippen molar-refractivity contribution in [3.8, 4) is 12.3 Å². The molecule has 66 valence electrons. The largest absolute Gasteiger partial charge is 0.354 e. The zero-order chi connectivity index (χ0) is 8.81. The smallest absolute Gasteiger partial charge is 0.221 e. The van der Waals surface area contributed by atoms with Crippen LogP contribution in [0, 0.1) is 12.3 Å². The quantitative estimate of drug-likeness (QED) is 0.451. The van der Waals surface area contributed by atoms with E-state index >= 15 is 0 Å². The Bertz CT molecular complexity index is 195. The van der Waals surface area contributed by atoms with E-state index in [1.54, 1.807) is 0 Å². The van der Waals surface area contributed by atoms with E-state index in [1.165, 1.54) is 0 Å². The first kappa shape index (κ1) is 9.08. The molecule has 1 fully saturated rings. The van der Waals surface area contributed by atoms with Gasteiger partial charge in [-0.05, 0) is 13.0 Å². The molecule has 0 spiro atoms. The molecule has 0 aromatic rings. The average Bonchev–Trinajstić information content (AvgIpc) is 2.45. The minimum absolute atomic E-state index is 0.143. The summed E-state index contributed by atoms with van der Waals surface area (Å²) in [4.78, 5) is 10.8. The summed E-state index contributed by atoms with van der Waals surface area (Å²) >= 11 is 0. The Morgan fingerprint density at radius 3 is 3.17 bits per heavy atom. The van der Waals surface area contributed by atoms with E-state index in [9.17, 15) is 4.79 Å². The molecule has 1 heterocycles. The van der Waals surface area contributed by atoms with E-state index in [0.717, 1.165) is 25.9 Å². The Balaban J connectivity index is 2.01. The van der Waals surface area contributed by atoms with Crippen molar-refractivity contribution in [2.45, 2.75) is 25.3 Å². The van der Waals surface area contributed by atoms with Gasteiger partial charge in [0.05, 0.1) is 0 Å². The Morgan fingerprint density at radius 1 is 1.75 bits per heavy atom. The van der Waals surface area contributed by atoms with Crippen LogP contribution in [-0.2, 0) is 4.79 Å². The molecule has 0 saturated carbocycles. The third kappa shape index (κ3) is 2.93. The summed E-state index contributed by atoms with van der Waals surface area (Å²) in [5, 5.41) is 6.04. The summed E-state index contributed by atoms with van der Waals surface area (Å²) in [7, 11) is 0. The van der Waals surface area contributed by atoms with Gasteiger partial charge in [0.15, 0.2) is 0 Å². The van der Waals surface area contributed by atoms with Crippen molar-refractivity contribution in [2.24, 2.45) is 0 Å². The Morgan fingerprint density at radius 2 is 2.58 bits per heavy atom. The summed E-state index contributed by atoms with van der Waals surface area (Å²) in [5.41, 5.74) is 0. The molecule has 1 amide bonds. The fourth-order valence-corrected chi connectivity index (χ4v) is 1.25. The first-order valence-electron chi connectivity index (χ1n) is 4.26. The Kier molecular flexibility index (Phi) is 3.62. The minimum Gasteiger partial charge on any atom is -0.354 e. The fourth-order valence-electron chi connectivity index (χ4n) is 1.25. The van der Waals surface area contributed by atoms with Gasteiger partial charge in [-0.25, -0.2) is 0 Å². The number of rotatable bonds is 4. The van der Waals surface area contributed by atoms with Crippen LogP contribution in [0.5, 0.6) is 0 Å². The molecule has 2 N–H and O–H groups in total. The second kappa shape index (κ2) is 4.78. The SMILES string of the molecule is C#CCCCNC1CNC(=O)C1. The summed E-state index contributed by atoms with van der Waals surface area (Å²) in [5.74, 6) is 2.72. The van der Waals surface area contributed by atoms with E-state index < -0.39 is 0 Å². The van der Waals surface area contributed by atoms with Crippen LogP contribution in [0.2, 0.25) is 0 Å². The maximum absolute atomic E-state index is 10.8. The van der Waals surface area contributed by atoms with E-state index in [2.05, 4.69) is 16.6 Å². The van der Waals surface area contributed by atoms with Crippen molar-refractivity contribution in [2.75, 3.05) is 13.1 Å². The van der Waals surface area contributed by atoms with Crippen LogP contribution in [0.15, 0.2) is 0 Å². The van der Waals surface area contributed by atoms with Crippen molar-refractivity contribution in [3.05, 3.63) is 0 Å². The van der Waals surface area contributed by atoms with Crippen LogP contribution in [0.3, 0.4) is 0 Å². The van der Waals surface area contributed by atoms with Gasteiger partial charge in [-0.2, -0.15) is 0 Å². The molecule has 0 radical (unpaired) electrons. The number of carbonyl (C=O) groups excluding carboxylic acids is 1. The van der Waals surface area contributed by atoms with Gasteiger partial charge in [0, 0.05) is 25.4 Å². The summed E-state index contributed by atoms with van der Waals surface area (Å²) in [6.45, 7) is 1.67. The van der Waals surface area contributed by atoms with Crippen LogP contribution in [0.25, 0.3) is 0 Å². The van der Waals surface area contributed by atoms with Crippen molar-refractivity contribution < 1.29 is 4.79 Å². The zero-order valence-electron chi connectivity index (χ0n) is 7.10.